The van der Waals surface area contributed by atoms with Crippen molar-refractivity contribution < 1.29 is 43.0 Å². The van der Waals surface area contributed by atoms with Crippen molar-refractivity contribution >= 4 is 35.6 Å². The van der Waals surface area contributed by atoms with Crippen LogP contribution in [0.4, 0.5) is 0 Å². The summed E-state index contributed by atoms with van der Waals surface area (Å²) in [4.78, 5) is 87.4. The van der Waals surface area contributed by atoms with E-state index in [0.29, 0.717) is 6.42 Å². The van der Waals surface area contributed by atoms with Crippen LogP contribution in [0.3, 0.4) is 0 Å². The predicted octanol–water partition coefficient (Wildman–Crippen LogP) is 4.32. The van der Waals surface area contributed by atoms with Crippen molar-refractivity contribution in [1.82, 2.24) is 14.7 Å². The average molecular weight is 682 g/mol. The molecule has 1 unspecified atom stereocenters. The van der Waals surface area contributed by atoms with E-state index in [1.54, 1.807) is 55.4 Å². The number of likely N-dealkylation sites (N-methyl/N-ethyl adjacent to an activating group) is 3. The first kappa shape index (κ1) is 42.8. The van der Waals surface area contributed by atoms with Crippen LogP contribution in [0.1, 0.15) is 102 Å². The Hall–Kier alpha value is -3.18. The third-order valence-corrected chi connectivity index (χ3v) is 9.07. The number of nitrogens with zero attached hydrogens (tertiary/aromatic N) is 3. The van der Waals surface area contributed by atoms with Crippen molar-refractivity contribution in [3.05, 3.63) is 0 Å². The summed E-state index contributed by atoms with van der Waals surface area (Å²) in [5, 5.41) is 0. The summed E-state index contributed by atoms with van der Waals surface area (Å²) in [6.45, 7) is 21.6. The van der Waals surface area contributed by atoms with E-state index in [-0.39, 0.29) is 24.7 Å². The summed E-state index contributed by atoms with van der Waals surface area (Å²) in [6, 6.07) is -3.33. The number of esters is 3. The molecule has 1 aliphatic heterocycles. The van der Waals surface area contributed by atoms with Crippen molar-refractivity contribution in [1.29, 1.82) is 0 Å². The molecular weight excluding hydrogens is 618 g/mol. The van der Waals surface area contributed by atoms with Gasteiger partial charge in [-0.2, -0.15) is 0 Å². The molecule has 12 heteroatoms. The summed E-state index contributed by atoms with van der Waals surface area (Å²) in [7, 11) is 4.36. The molecule has 12 nitrogen and oxygen atoms in total. The van der Waals surface area contributed by atoms with Crippen LogP contribution in [0.2, 0.25) is 0 Å². The first-order valence-electron chi connectivity index (χ1n) is 17.5. The number of carbonyl (C=O) groups excluding carboxylic acids is 6. The van der Waals surface area contributed by atoms with Gasteiger partial charge in [0.05, 0.1) is 0 Å². The lowest BCUT2D eigenvalue weighted by Gasteiger charge is -2.38. The lowest BCUT2D eigenvalue weighted by atomic mass is 9.96. The highest BCUT2D eigenvalue weighted by Gasteiger charge is 2.44. The number of cyclic esters (lactones) is 3. The molecular formula is C36H63N3O9. The molecule has 1 heterocycles. The zero-order chi connectivity index (χ0) is 37.4. The van der Waals surface area contributed by atoms with Crippen LogP contribution in [-0.4, -0.2) is 108 Å². The van der Waals surface area contributed by atoms with Gasteiger partial charge >= 0.3 is 17.9 Å². The van der Waals surface area contributed by atoms with Crippen molar-refractivity contribution in [3.63, 3.8) is 0 Å². The van der Waals surface area contributed by atoms with Crippen LogP contribution in [0.25, 0.3) is 0 Å². The summed E-state index contributed by atoms with van der Waals surface area (Å²) in [5.41, 5.74) is 0. The molecule has 0 N–H and O–H groups in total. The molecule has 3 amide bonds. The third kappa shape index (κ3) is 10.9. The highest BCUT2D eigenvalue weighted by molar-refractivity contribution is 5.94. The quantitative estimate of drug-likeness (QED) is 0.257. The Labute approximate surface area is 288 Å². The minimum Gasteiger partial charge on any atom is -0.451 e. The Morgan fingerprint density at radius 1 is 0.500 bits per heavy atom. The van der Waals surface area contributed by atoms with Gasteiger partial charge in [-0.15, -0.1) is 0 Å². The summed E-state index contributed by atoms with van der Waals surface area (Å²) in [5.74, 6) is -6.00. The number of carbonyl (C=O) groups is 6. The van der Waals surface area contributed by atoms with Gasteiger partial charge in [0.25, 0.3) is 17.7 Å². The van der Waals surface area contributed by atoms with Crippen LogP contribution < -0.4 is 0 Å². The molecule has 1 fully saturated rings. The SMILES string of the molecule is CCC(C)C[C@H]1OC(=O)[C@H](C(C)C)N(C)C(=O)[C@@H](CC(C)C)OC(=O)[C@H](C(C)C)N(C)C(=O)[C@@H](C(C)C)OC(=O)[C@H](C(C)C)N(C)C1=O. The fraction of sp³-hybridized carbons (Fsp3) is 0.833. The van der Waals surface area contributed by atoms with E-state index in [2.05, 4.69) is 0 Å². The monoisotopic (exact) mass is 681 g/mol. The van der Waals surface area contributed by atoms with E-state index in [1.807, 2.05) is 27.7 Å². The zero-order valence-corrected chi connectivity index (χ0v) is 32.1. The van der Waals surface area contributed by atoms with Gasteiger partial charge < -0.3 is 28.9 Å². The lowest BCUT2D eigenvalue weighted by molar-refractivity contribution is -0.180. The van der Waals surface area contributed by atoms with Gasteiger partial charge in [0.2, 0.25) is 0 Å². The van der Waals surface area contributed by atoms with Crippen LogP contribution in [0.15, 0.2) is 0 Å². The van der Waals surface area contributed by atoms with Gasteiger partial charge in [-0.1, -0.05) is 89.5 Å². The average Bonchev–Trinajstić information content (AvgIpc) is 2.96. The molecule has 0 aliphatic carbocycles. The van der Waals surface area contributed by atoms with Gasteiger partial charge in [0.15, 0.2) is 18.3 Å². The van der Waals surface area contributed by atoms with E-state index >= 15 is 0 Å². The number of rotatable bonds is 9. The maximum Gasteiger partial charge on any atom is 0.329 e. The van der Waals surface area contributed by atoms with Gasteiger partial charge in [-0.25, -0.2) is 14.4 Å². The van der Waals surface area contributed by atoms with E-state index in [1.165, 1.54) is 35.8 Å². The van der Waals surface area contributed by atoms with Gasteiger partial charge in [-0.3, -0.25) is 14.4 Å². The molecule has 0 aromatic rings. The minimum absolute atomic E-state index is 0.0125. The Morgan fingerprint density at radius 3 is 1.15 bits per heavy atom. The molecule has 0 aromatic carbocycles. The van der Waals surface area contributed by atoms with Crippen LogP contribution in [-0.2, 0) is 43.0 Å². The normalized spacial score (nSPS) is 27.1. The van der Waals surface area contributed by atoms with Crippen molar-refractivity contribution in [3.8, 4) is 0 Å². The molecule has 1 saturated heterocycles. The van der Waals surface area contributed by atoms with Gasteiger partial charge in [0, 0.05) is 21.1 Å². The topological polar surface area (TPSA) is 140 Å². The minimum atomic E-state index is -1.28. The van der Waals surface area contributed by atoms with Gasteiger partial charge in [0.1, 0.15) is 18.1 Å². The van der Waals surface area contributed by atoms with Gasteiger partial charge in [-0.05, 0) is 48.3 Å². The van der Waals surface area contributed by atoms with Crippen LogP contribution in [0.5, 0.6) is 0 Å². The maximum absolute atomic E-state index is 14.1. The molecule has 0 aromatic heterocycles. The Kier molecular flexibility index (Phi) is 16.6. The molecule has 1 aliphatic rings. The fourth-order valence-corrected chi connectivity index (χ4v) is 6.14. The zero-order valence-electron chi connectivity index (χ0n) is 32.1. The smallest absolute Gasteiger partial charge is 0.329 e. The van der Waals surface area contributed by atoms with E-state index in [9.17, 15) is 28.8 Å². The summed E-state index contributed by atoms with van der Waals surface area (Å²) < 4.78 is 17.7. The molecule has 48 heavy (non-hydrogen) atoms. The summed E-state index contributed by atoms with van der Waals surface area (Å²) in [6.07, 6.45) is -2.72. The second-order valence-electron chi connectivity index (χ2n) is 15.2. The molecule has 0 saturated carbocycles. The maximum atomic E-state index is 14.1. The largest absolute Gasteiger partial charge is 0.451 e. The van der Waals surface area contributed by atoms with E-state index < -0.39 is 95.7 Å². The summed E-state index contributed by atoms with van der Waals surface area (Å²) >= 11 is 0. The number of amides is 3. The highest BCUT2D eigenvalue weighted by atomic mass is 16.6. The first-order chi connectivity index (χ1) is 22.1. The molecule has 0 bridgehead atoms. The highest BCUT2D eigenvalue weighted by Crippen LogP contribution is 2.25. The van der Waals surface area contributed by atoms with Crippen molar-refractivity contribution in [2.24, 2.45) is 35.5 Å². The number of hydrogen-bond donors (Lipinski definition) is 0. The van der Waals surface area contributed by atoms with Crippen molar-refractivity contribution in [2.75, 3.05) is 21.1 Å². The Balaban J connectivity index is 3.98. The molecule has 0 radical (unpaired) electrons. The molecule has 276 valence electrons. The van der Waals surface area contributed by atoms with Crippen LogP contribution in [0, 0.1) is 35.5 Å². The van der Waals surface area contributed by atoms with Crippen LogP contribution >= 0.6 is 0 Å². The molecule has 0 spiro atoms. The number of ether oxygens (including phenoxy) is 3. The Morgan fingerprint density at radius 2 is 0.833 bits per heavy atom. The first-order valence-corrected chi connectivity index (χ1v) is 17.5. The van der Waals surface area contributed by atoms with E-state index in [0.717, 1.165) is 0 Å². The lowest BCUT2D eigenvalue weighted by Crippen LogP contribution is -2.57. The standard InChI is InChI=1S/C36H63N3O9/c1-16-24(12)18-26-32(41)38(14)29(22(8)9)36(45)48-30(23(10)11)33(42)39(15)28(21(6)7)35(44)46-25(17-19(2)3)31(40)37(13)27(20(4)5)34(43)47-26/h19-30H,16-18H2,1-15H3/t24?,25-,26-,27+,28+,29+,30-/m1/s1. The third-order valence-electron chi connectivity index (χ3n) is 9.07. The molecule has 1 rings (SSSR count). The predicted molar refractivity (Wildman–Crippen MR) is 182 cm³/mol. The second-order valence-corrected chi connectivity index (χ2v) is 15.2. The van der Waals surface area contributed by atoms with Crippen molar-refractivity contribution in [2.45, 2.75) is 139 Å². The molecule has 7 atom stereocenters. The Bertz CT molecular complexity index is 1140. The number of hydrogen-bond acceptors (Lipinski definition) is 9. The fourth-order valence-electron chi connectivity index (χ4n) is 6.14. The second kappa shape index (κ2) is 18.5. The van der Waals surface area contributed by atoms with E-state index in [4.69, 9.17) is 14.2 Å².